The Morgan fingerprint density at radius 1 is 0.912 bits per heavy atom. The molecule has 34 heavy (non-hydrogen) atoms. The lowest BCUT2D eigenvalue weighted by Gasteiger charge is -2.19. The topological polar surface area (TPSA) is 95.3 Å². The fourth-order valence-corrected chi connectivity index (χ4v) is 3.53. The maximum Gasteiger partial charge on any atom is 0.378 e. The van der Waals surface area contributed by atoms with Gasteiger partial charge in [-0.05, 0) is 26.2 Å². The van der Waals surface area contributed by atoms with Crippen LogP contribution in [0.5, 0.6) is 5.75 Å². The Morgan fingerprint density at radius 2 is 1.56 bits per heavy atom. The Morgan fingerprint density at radius 3 is 2.24 bits per heavy atom. The van der Waals surface area contributed by atoms with Crippen molar-refractivity contribution in [2.75, 3.05) is 26.8 Å². The number of rotatable bonds is 19. The highest BCUT2D eigenvalue weighted by Crippen LogP contribution is 2.25. The molecule has 194 valence electrons. The molecule has 8 heteroatoms. The van der Waals surface area contributed by atoms with Gasteiger partial charge in [-0.15, -0.1) is 0 Å². The molecule has 0 fully saturated rings. The van der Waals surface area contributed by atoms with Crippen molar-refractivity contribution in [3.8, 4) is 5.75 Å². The van der Waals surface area contributed by atoms with E-state index in [1.54, 1.807) is 13.0 Å². The number of unbranched alkanes of at least 4 members (excludes halogenated alkanes) is 7. The lowest BCUT2D eigenvalue weighted by Crippen LogP contribution is -2.36. The van der Waals surface area contributed by atoms with Gasteiger partial charge >= 0.3 is 11.9 Å². The van der Waals surface area contributed by atoms with Gasteiger partial charge in [0, 0.05) is 13.1 Å². The molecule has 0 saturated heterocycles. The Labute approximate surface area is 204 Å². The predicted octanol–water partition coefficient (Wildman–Crippen LogP) is 5.54. The summed E-state index contributed by atoms with van der Waals surface area (Å²) >= 11 is 0. The molecule has 1 unspecified atom stereocenters. The molecule has 0 bridgehead atoms. The fourth-order valence-electron chi connectivity index (χ4n) is 3.53. The van der Waals surface area contributed by atoms with Gasteiger partial charge in [-0.1, -0.05) is 65.2 Å². The molecule has 1 rings (SSSR count). The van der Waals surface area contributed by atoms with Crippen LogP contribution in [-0.2, 0) is 19.1 Å². The van der Waals surface area contributed by atoms with Crippen LogP contribution < -0.4 is 4.74 Å². The van der Waals surface area contributed by atoms with E-state index in [1.807, 2.05) is 0 Å². The lowest BCUT2D eigenvalue weighted by molar-refractivity contribution is -0.148. The predicted molar refractivity (Wildman–Crippen MR) is 130 cm³/mol. The largest absolute Gasteiger partial charge is 0.486 e. The molecule has 1 atom stereocenters. The number of carbonyl (C=O) groups is 3. The molecule has 0 aliphatic carbocycles. The van der Waals surface area contributed by atoms with E-state index < -0.39 is 24.5 Å². The minimum Gasteiger partial charge on any atom is -0.486 e. The standard InChI is InChI=1S/C26H43NO7/c1-5-8-10-11-12-13-14-16-21(15-9-6-2)34-22-17-18-32-25(22)26(30)33-20-23(28)27(4)19-24(29)31-7-3/h17-18,21H,5-16,19-20H2,1-4H3. The van der Waals surface area contributed by atoms with Crippen LogP contribution in [0.4, 0.5) is 0 Å². The van der Waals surface area contributed by atoms with E-state index in [-0.39, 0.29) is 25.0 Å². The van der Waals surface area contributed by atoms with Crippen LogP contribution in [0.2, 0.25) is 0 Å². The van der Waals surface area contributed by atoms with Crippen LogP contribution in [0.25, 0.3) is 0 Å². The number of nitrogens with zero attached hydrogens (tertiary/aromatic N) is 1. The average molecular weight is 482 g/mol. The third-order valence-corrected chi connectivity index (χ3v) is 5.54. The molecule has 0 aliphatic rings. The molecule has 0 saturated carbocycles. The number of hydrogen-bond donors (Lipinski definition) is 0. The van der Waals surface area contributed by atoms with Gasteiger partial charge in [-0.2, -0.15) is 0 Å². The van der Waals surface area contributed by atoms with Gasteiger partial charge in [0.1, 0.15) is 6.54 Å². The molecule has 0 N–H and O–H groups in total. The van der Waals surface area contributed by atoms with Crippen LogP contribution in [0.1, 0.15) is 102 Å². The van der Waals surface area contributed by atoms with E-state index in [2.05, 4.69) is 13.8 Å². The van der Waals surface area contributed by atoms with Crippen LogP contribution in [0.3, 0.4) is 0 Å². The highest BCUT2D eigenvalue weighted by atomic mass is 16.6. The van der Waals surface area contributed by atoms with Crippen molar-refractivity contribution in [3.05, 3.63) is 18.1 Å². The molecular weight excluding hydrogens is 438 g/mol. The second-order valence-electron chi connectivity index (χ2n) is 8.54. The first-order chi connectivity index (χ1) is 16.4. The Balaban J connectivity index is 2.55. The van der Waals surface area contributed by atoms with Gasteiger partial charge in [-0.25, -0.2) is 4.79 Å². The van der Waals surface area contributed by atoms with Crippen molar-refractivity contribution in [2.24, 2.45) is 0 Å². The molecule has 0 radical (unpaired) electrons. The van der Waals surface area contributed by atoms with E-state index in [0.717, 1.165) is 37.0 Å². The first-order valence-electron chi connectivity index (χ1n) is 12.7. The summed E-state index contributed by atoms with van der Waals surface area (Å²) in [4.78, 5) is 37.3. The normalized spacial score (nSPS) is 11.6. The van der Waals surface area contributed by atoms with Crippen molar-refractivity contribution in [1.29, 1.82) is 0 Å². The molecule has 0 aromatic carbocycles. The highest BCUT2D eigenvalue weighted by molar-refractivity contribution is 5.91. The van der Waals surface area contributed by atoms with Crippen LogP contribution in [-0.4, -0.2) is 55.7 Å². The van der Waals surface area contributed by atoms with Crippen molar-refractivity contribution < 1.29 is 33.0 Å². The second-order valence-corrected chi connectivity index (χ2v) is 8.54. The smallest absolute Gasteiger partial charge is 0.378 e. The van der Waals surface area contributed by atoms with Crippen molar-refractivity contribution in [3.63, 3.8) is 0 Å². The maximum absolute atomic E-state index is 12.5. The van der Waals surface area contributed by atoms with Gasteiger partial charge in [0.05, 0.1) is 19.0 Å². The van der Waals surface area contributed by atoms with Crippen molar-refractivity contribution >= 4 is 17.8 Å². The molecule has 1 aromatic rings. The van der Waals surface area contributed by atoms with Crippen LogP contribution in [0.15, 0.2) is 16.7 Å². The third-order valence-electron chi connectivity index (χ3n) is 5.54. The highest BCUT2D eigenvalue weighted by Gasteiger charge is 2.23. The van der Waals surface area contributed by atoms with Gasteiger partial charge in [0.2, 0.25) is 0 Å². The minimum atomic E-state index is -0.775. The van der Waals surface area contributed by atoms with E-state index in [1.165, 1.54) is 51.8 Å². The zero-order valence-electron chi connectivity index (χ0n) is 21.4. The quantitative estimate of drug-likeness (QED) is 0.189. The van der Waals surface area contributed by atoms with Gasteiger partial charge in [-0.3, -0.25) is 9.59 Å². The van der Waals surface area contributed by atoms with Gasteiger partial charge < -0.3 is 23.5 Å². The Kier molecular flexibility index (Phi) is 15.5. The average Bonchev–Trinajstić information content (AvgIpc) is 3.28. The number of hydrogen-bond acceptors (Lipinski definition) is 7. The van der Waals surface area contributed by atoms with Crippen molar-refractivity contribution in [2.45, 2.75) is 97.5 Å². The first-order valence-corrected chi connectivity index (χ1v) is 12.7. The molecule has 0 spiro atoms. The lowest BCUT2D eigenvalue weighted by atomic mass is 10.0. The monoisotopic (exact) mass is 481 g/mol. The summed E-state index contributed by atoms with van der Waals surface area (Å²) < 4.78 is 21.4. The van der Waals surface area contributed by atoms with Crippen LogP contribution in [0, 0.1) is 0 Å². The van der Waals surface area contributed by atoms with E-state index in [0.29, 0.717) is 5.75 Å². The van der Waals surface area contributed by atoms with Gasteiger partial charge in [0.15, 0.2) is 12.4 Å². The number of carbonyl (C=O) groups excluding carboxylic acids is 3. The summed E-state index contributed by atoms with van der Waals surface area (Å²) in [5, 5.41) is 0. The maximum atomic E-state index is 12.5. The zero-order chi connectivity index (χ0) is 25.2. The molecule has 1 aromatic heterocycles. The summed E-state index contributed by atoms with van der Waals surface area (Å²) in [7, 11) is 1.44. The zero-order valence-corrected chi connectivity index (χ0v) is 21.4. The Hall–Kier alpha value is -2.51. The van der Waals surface area contributed by atoms with Gasteiger partial charge in [0.25, 0.3) is 11.7 Å². The van der Waals surface area contributed by atoms with E-state index in [9.17, 15) is 14.4 Å². The number of furan rings is 1. The number of ether oxygens (including phenoxy) is 3. The Bertz CT molecular complexity index is 716. The molecule has 8 nitrogen and oxygen atoms in total. The summed E-state index contributed by atoms with van der Waals surface area (Å²) in [6.07, 6.45) is 13.9. The number of amides is 1. The van der Waals surface area contributed by atoms with Crippen molar-refractivity contribution in [1.82, 2.24) is 4.90 Å². The summed E-state index contributed by atoms with van der Waals surface area (Å²) in [5.41, 5.74) is 0. The van der Waals surface area contributed by atoms with E-state index in [4.69, 9.17) is 18.6 Å². The second kappa shape index (κ2) is 17.9. The minimum absolute atomic E-state index is 0.00270. The number of likely N-dealkylation sites (N-methyl/N-ethyl adjacent to an activating group) is 1. The molecular formula is C26H43NO7. The summed E-state index contributed by atoms with van der Waals surface area (Å²) in [6.45, 7) is 5.56. The summed E-state index contributed by atoms with van der Waals surface area (Å²) in [6, 6.07) is 1.61. The third kappa shape index (κ3) is 12.1. The van der Waals surface area contributed by atoms with Crippen LogP contribution >= 0.6 is 0 Å². The summed E-state index contributed by atoms with van der Waals surface area (Å²) in [5.74, 6) is -1.54. The molecule has 1 heterocycles. The fraction of sp³-hybridized carbons (Fsp3) is 0.731. The molecule has 0 aliphatic heterocycles. The molecule has 1 amide bonds. The number of esters is 2. The van der Waals surface area contributed by atoms with E-state index >= 15 is 0 Å². The SMILES string of the molecule is CCCCCCCCCC(CCCC)Oc1ccoc1C(=O)OCC(=O)N(C)CC(=O)OCC. The first kappa shape index (κ1) is 29.5.